The van der Waals surface area contributed by atoms with Crippen molar-refractivity contribution in [2.45, 2.75) is 39.8 Å². The third-order valence-corrected chi connectivity index (χ3v) is 2.78. The predicted octanol–water partition coefficient (Wildman–Crippen LogP) is 2.44. The zero-order chi connectivity index (χ0) is 15.0. The van der Waals surface area contributed by atoms with Crippen LogP contribution in [0.4, 0.5) is 0 Å². The lowest BCUT2D eigenvalue weighted by molar-refractivity contribution is -0.139. The monoisotopic (exact) mass is 281 g/mol. The first-order valence-electron chi connectivity index (χ1n) is 6.93. The summed E-state index contributed by atoms with van der Waals surface area (Å²) in [6.07, 6.45) is 0.902. The molecule has 1 atom stereocenters. The Balaban J connectivity index is 2.86. The van der Waals surface area contributed by atoms with E-state index >= 15 is 0 Å². The summed E-state index contributed by atoms with van der Waals surface area (Å²) in [5.41, 5.74) is 0.900. The average molecular weight is 281 g/mol. The number of nitrogens with one attached hydrogen (secondary N) is 1. The van der Waals surface area contributed by atoms with Gasteiger partial charge in [-0.25, -0.2) is 0 Å². The van der Waals surface area contributed by atoms with Gasteiger partial charge in [-0.2, -0.15) is 0 Å². The number of benzene rings is 1. The van der Waals surface area contributed by atoms with E-state index in [1.807, 2.05) is 32.0 Å². The van der Waals surface area contributed by atoms with Gasteiger partial charge in [-0.05, 0) is 26.3 Å². The van der Waals surface area contributed by atoms with Crippen LogP contribution in [0.1, 0.15) is 32.8 Å². The Labute approximate surface area is 119 Å². The summed E-state index contributed by atoms with van der Waals surface area (Å²) in [5, 5.41) is 11.8. The van der Waals surface area contributed by atoms with Gasteiger partial charge < -0.3 is 19.9 Å². The minimum absolute atomic E-state index is 0.424. The van der Waals surface area contributed by atoms with E-state index in [0.29, 0.717) is 31.3 Å². The molecule has 0 spiro atoms. The van der Waals surface area contributed by atoms with E-state index in [2.05, 4.69) is 5.32 Å². The molecule has 0 aromatic heterocycles. The molecule has 0 amide bonds. The van der Waals surface area contributed by atoms with Crippen molar-refractivity contribution in [1.29, 1.82) is 0 Å². The van der Waals surface area contributed by atoms with E-state index in [9.17, 15) is 4.79 Å². The number of carbonyl (C=O) groups is 1. The lowest BCUT2D eigenvalue weighted by Gasteiger charge is -2.17. The topological polar surface area (TPSA) is 67.8 Å². The zero-order valence-electron chi connectivity index (χ0n) is 12.3. The quantitative estimate of drug-likeness (QED) is 0.727. The van der Waals surface area contributed by atoms with Crippen molar-refractivity contribution in [1.82, 2.24) is 5.32 Å². The van der Waals surface area contributed by atoms with Crippen LogP contribution in [-0.4, -0.2) is 30.3 Å². The van der Waals surface area contributed by atoms with E-state index < -0.39 is 12.0 Å². The van der Waals surface area contributed by atoms with Crippen molar-refractivity contribution in [2.24, 2.45) is 0 Å². The lowest BCUT2D eigenvalue weighted by atomic mass is 10.1. The van der Waals surface area contributed by atoms with Crippen molar-refractivity contribution < 1.29 is 19.4 Å². The summed E-state index contributed by atoms with van der Waals surface area (Å²) in [4.78, 5) is 10.8. The normalized spacial score (nSPS) is 11.9. The molecule has 0 saturated carbocycles. The van der Waals surface area contributed by atoms with Crippen LogP contribution >= 0.6 is 0 Å². The molecule has 1 rings (SSSR count). The zero-order valence-corrected chi connectivity index (χ0v) is 12.3. The maximum absolute atomic E-state index is 10.8. The SMILES string of the molecule is CCCOc1c(CNC(C)C(=O)O)cccc1OCC. The maximum Gasteiger partial charge on any atom is 0.320 e. The van der Waals surface area contributed by atoms with Crippen LogP contribution in [0.15, 0.2) is 18.2 Å². The fourth-order valence-electron chi connectivity index (χ4n) is 1.69. The third kappa shape index (κ3) is 4.74. The molecule has 1 unspecified atom stereocenters. The van der Waals surface area contributed by atoms with Gasteiger partial charge in [0, 0.05) is 12.1 Å². The van der Waals surface area contributed by atoms with Crippen molar-refractivity contribution in [3.8, 4) is 11.5 Å². The highest BCUT2D eigenvalue weighted by Gasteiger charge is 2.14. The van der Waals surface area contributed by atoms with Gasteiger partial charge in [-0.3, -0.25) is 4.79 Å². The number of aliphatic carboxylic acids is 1. The number of hydrogen-bond donors (Lipinski definition) is 2. The fraction of sp³-hybridized carbons (Fsp3) is 0.533. The predicted molar refractivity (Wildman–Crippen MR) is 77.3 cm³/mol. The first-order valence-corrected chi connectivity index (χ1v) is 6.93. The van der Waals surface area contributed by atoms with Crippen molar-refractivity contribution in [2.75, 3.05) is 13.2 Å². The highest BCUT2D eigenvalue weighted by molar-refractivity contribution is 5.72. The second-order valence-corrected chi connectivity index (χ2v) is 4.47. The van der Waals surface area contributed by atoms with Gasteiger partial charge >= 0.3 is 5.97 Å². The third-order valence-electron chi connectivity index (χ3n) is 2.78. The van der Waals surface area contributed by atoms with E-state index in [0.717, 1.165) is 12.0 Å². The highest BCUT2D eigenvalue weighted by Crippen LogP contribution is 2.31. The molecule has 20 heavy (non-hydrogen) atoms. The first kappa shape index (κ1) is 16.3. The van der Waals surface area contributed by atoms with E-state index in [4.69, 9.17) is 14.6 Å². The number of hydrogen-bond acceptors (Lipinski definition) is 4. The first-order chi connectivity index (χ1) is 9.60. The molecule has 0 heterocycles. The summed E-state index contributed by atoms with van der Waals surface area (Å²) >= 11 is 0. The van der Waals surface area contributed by atoms with Gasteiger partial charge in [0.15, 0.2) is 11.5 Å². The molecule has 0 aliphatic carbocycles. The number of ether oxygens (including phenoxy) is 2. The second kappa shape index (κ2) is 8.43. The number of rotatable bonds is 9. The number of para-hydroxylation sites is 1. The highest BCUT2D eigenvalue weighted by atomic mass is 16.5. The van der Waals surface area contributed by atoms with Gasteiger partial charge in [-0.1, -0.05) is 19.1 Å². The molecular formula is C15H23NO4. The molecule has 5 heteroatoms. The Hall–Kier alpha value is -1.75. The average Bonchev–Trinajstić information content (AvgIpc) is 2.43. The minimum atomic E-state index is -0.873. The molecule has 0 saturated heterocycles. The molecular weight excluding hydrogens is 258 g/mol. The molecule has 0 fully saturated rings. The van der Waals surface area contributed by atoms with Crippen LogP contribution in [0, 0.1) is 0 Å². The summed E-state index contributed by atoms with van der Waals surface area (Å²) < 4.78 is 11.3. The second-order valence-electron chi connectivity index (χ2n) is 4.47. The smallest absolute Gasteiger partial charge is 0.320 e. The Morgan fingerprint density at radius 3 is 2.70 bits per heavy atom. The van der Waals surface area contributed by atoms with E-state index in [1.165, 1.54) is 0 Å². The molecule has 0 aliphatic heterocycles. The van der Waals surface area contributed by atoms with Crippen LogP contribution in [-0.2, 0) is 11.3 Å². The Bertz CT molecular complexity index is 434. The molecule has 0 aliphatic rings. The molecule has 0 bridgehead atoms. The van der Waals surface area contributed by atoms with E-state index in [-0.39, 0.29) is 0 Å². The lowest BCUT2D eigenvalue weighted by Crippen LogP contribution is -2.33. The summed E-state index contributed by atoms with van der Waals surface area (Å²) in [6, 6.07) is 5.05. The van der Waals surface area contributed by atoms with Crippen LogP contribution in [0.2, 0.25) is 0 Å². The van der Waals surface area contributed by atoms with Crippen molar-refractivity contribution >= 4 is 5.97 Å². The standard InChI is InChI=1S/C15H23NO4/c1-4-9-20-14-12(10-16-11(3)15(17)18)7-6-8-13(14)19-5-2/h6-8,11,16H,4-5,9-10H2,1-3H3,(H,17,18). The Morgan fingerprint density at radius 1 is 1.35 bits per heavy atom. The molecule has 5 nitrogen and oxygen atoms in total. The fourth-order valence-corrected chi connectivity index (χ4v) is 1.69. The molecule has 112 valence electrons. The van der Waals surface area contributed by atoms with Crippen LogP contribution in [0.25, 0.3) is 0 Å². The number of carboxylic acids is 1. The van der Waals surface area contributed by atoms with Crippen molar-refractivity contribution in [3.63, 3.8) is 0 Å². The molecule has 1 aromatic rings. The Morgan fingerprint density at radius 2 is 2.10 bits per heavy atom. The van der Waals surface area contributed by atoms with Gasteiger partial charge in [0.25, 0.3) is 0 Å². The van der Waals surface area contributed by atoms with Gasteiger partial charge in [0.1, 0.15) is 6.04 Å². The van der Waals surface area contributed by atoms with Crippen LogP contribution in [0.5, 0.6) is 11.5 Å². The summed E-state index contributed by atoms with van der Waals surface area (Å²) in [7, 11) is 0. The summed E-state index contributed by atoms with van der Waals surface area (Å²) in [6.45, 7) is 7.15. The minimum Gasteiger partial charge on any atom is -0.490 e. The largest absolute Gasteiger partial charge is 0.490 e. The summed E-state index contributed by atoms with van der Waals surface area (Å²) in [5.74, 6) is 0.520. The van der Waals surface area contributed by atoms with Gasteiger partial charge in [0.05, 0.1) is 13.2 Å². The van der Waals surface area contributed by atoms with Crippen LogP contribution < -0.4 is 14.8 Å². The maximum atomic E-state index is 10.8. The van der Waals surface area contributed by atoms with Gasteiger partial charge in [0.2, 0.25) is 0 Å². The number of carboxylic acid groups (broad SMARTS) is 1. The Kier molecular flexibility index (Phi) is 6.87. The van der Waals surface area contributed by atoms with Crippen LogP contribution in [0.3, 0.4) is 0 Å². The van der Waals surface area contributed by atoms with E-state index in [1.54, 1.807) is 6.92 Å². The molecule has 2 N–H and O–H groups in total. The van der Waals surface area contributed by atoms with Gasteiger partial charge in [-0.15, -0.1) is 0 Å². The van der Waals surface area contributed by atoms with Crippen molar-refractivity contribution in [3.05, 3.63) is 23.8 Å². The molecule has 0 radical (unpaired) electrons. The molecule has 1 aromatic carbocycles.